The molecule has 0 spiro atoms. The van der Waals surface area contributed by atoms with Crippen LogP contribution in [0.15, 0.2) is 18.2 Å². The molecule has 0 unspecified atom stereocenters. The van der Waals surface area contributed by atoms with E-state index in [9.17, 15) is 9.18 Å². The minimum Gasteiger partial charge on any atom is -0.457 e. The Labute approximate surface area is 136 Å². The van der Waals surface area contributed by atoms with Crippen LogP contribution in [0.1, 0.15) is 45.3 Å². The van der Waals surface area contributed by atoms with Gasteiger partial charge in [0.15, 0.2) is 0 Å². The van der Waals surface area contributed by atoms with Crippen molar-refractivity contribution in [2.75, 3.05) is 13.1 Å². The second-order valence-electron chi connectivity index (χ2n) is 6.89. The lowest BCUT2D eigenvalue weighted by Crippen LogP contribution is -2.36. The van der Waals surface area contributed by atoms with Gasteiger partial charge >= 0.3 is 5.97 Å². The molecule has 5 heteroatoms. The van der Waals surface area contributed by atoms with Crippen LogP contribution in [0.2, 0.25) is 5.02 Å². The summed E-state index contributed by atoms with van der Waals surface area (Å²) in [6, 6.07) is 4.34. The van der Waals surface area contributed by atoms with Crippen LogP contribution in [0, 0.1) is 17.2 Å². The molecule has 1 aliphatic rings. The zero-order valence-corrected chi connectivity index (χ0v) is 14.0. The van der Waals surface area contributed by atoms with Gasteiger partial charge in [-0.15, -0.1) is 0 Å². The zero-order chi connectivity index (χ0) is 16.3. The Morgan fingerprint density at radius 3 is 2.68 bits per heavy atom. The molecule has 1 N–H and O–H groups in total. The van der Waals surface area contributed by atoms with Gasteiger partial charge in [-0.05, 0) is 63.9 Å². The molecule has 0 amide bonds. The van der Waals surface area contributed by atoms with E-state index >= 15 is 0 Å². The van der Waals surface area contributed by atoms with E-state index in [2.05, 4.69) is 5.32 Å². The first-order chi connectivity index (χ1) is 10.3. The van der Waals surface area contributed by atoms with Crippen molar-refractivity contribution in [2.24, 2.45) is 11.3 Å². The summed E-state index contributed by atoms with van der Waals surface area (Å²) in [5.41, 5.74) is 0.0218. The van der Waals surface area contributed by atoms with Crippen LogP contribution < -0.4 is 5.32 Å². The molecule has 0 aliphatic carbocycles. The Balaban J connectivity index is 2.29. The molecular weight excluding hydrogens is 305 g/mol. The SMILES string of the molecule is CC(C)(C)C(=O)O[C@@H](c1cc(F)cc(Cl)c1)[C@@H]1CCCNC1. The number of carbonyl (C=O) groups excluding carboxylic acids is 1. The molecule has 22 heavy (non-hydrogen) atoms. The Bertz CT molecular complexity index is 516. The molecule has 3 nitrogen and oxygen atoms in total. The topological polar surface area (TPSA) is 38.3 Å². The molecule has 0 aromatic heterocycles. The zero-order valence-electron chi connectivity index (χ0n) is 13.3. The average Bonchev–Trinajstić information content (AvgIpc) is 2.43. The van der Waals surface area contributed by atoms with E-state index in [0.717, 1.165) is 25.9 Å². The van der Waals surface area contributed by atoms with Crippen molar-refractivity contribution in [3.63, 3.8) is 0 Å². The molecule has 1 fully saturated rings. The molecule has 2 rings (SSSR count). The third-order valence-electron chi connectivity index (χ3n) is 3.82. The van der Waals surface area contributed by atoms with E-state index in [-0.39, 0.29) is 11.9 Å². The molecule has 1 aliphatic heterocycles. The summed E-state index contributed by atoms with van der Waals surface area (Å²) in [5.74, 6) is -0.579. The van der Waals surface area contributed by atoms with Crippen molar-refractivity contribution >= 4 is 17.6 Å². The number of nitrogens with one attached hydrogen (secondary N) is 1. The van der Waals surface area contributed by atoms with E-state index in [1.807, 2.05) is 20.8 Å². The molecular formula is C17H23ClFNO2. The van der Waals surface area contributed by atoms with Gasteiger partial charge < -0.3 is 10.1 Å². The van der Waals surface area contributed by atoms with Gasteiger partial charge in [0.05, 0.1) is 5.41 Å². The standard InChI is InChI=1S/C17H23ClFNO2/c1-17(2,3)16(21)22-15(11-5-4-6-20-10-11)12-7-13(18)9-14(19)8-12/h7-9,11,15,20H,4-6,10H2,1-3H3/t11-,15-/m1/s1. The van der Waals surface area contributed by atoms with E-state index < -0.39 is 17.3 Å². The van der Waals surface area contributed by atoms with Crippen molar-refractivity contribution in [1.29, 1.82) is 0 Å². The molecule has 0 bridgehead atoms. The Kier molecular flexibility index (Phi) is 5.45. The Hall–Kier alpha value is -1.13. The summed E-state index contributed by atoms with van der Waals surface area (Å²) in [5, 5.41) is 3.62. The predicted octanol–water partition coefficient (Wildman–Crippen LogP) is 4.11. The van der Waals surface area contributed by atoms with Gasteiger partial charge in [-0.2, -0.15) is 0 Å². The van der Waals surface area contributed by atoms with Gasteiger partial charge in [0.2, 0.25) is 0 Å². The first-order valence-electron chi connectivity index (χ1n) is 7.65. The van der Waals surface area contributed by atoms with Crippen LogP contribution in [-0.4, -0.2) is 19.1 Å². The Morgan fingerprint density at radius 2 is 2.14 bits per heavy atom. The second-order valence-corrected chi connectivity index (χ2v) is 7.32. The maximum atomic E-state index is 13.7. The van der Waals surface area contributed by atoms with E-state index in [1.54, 1.807) is 6.07 Å². The fourth-order valence-corrected chi connectivity index (χ4v) is 2.84. The summed E-state index contributed by atoms with van der Waals surface area (Å²) in [6.07, 6.45) is 1.47. The molecule has 122 valence electrons. The van der Waals surface area contributed by atoms with Crippen LogP contribution in [0.25, 0.3) is 0 Å². The van der Waals surface area contributed by atoms with Crippen LogP contribution in [0.5, 0.6) is 0 Å². The molecule has 1 heterocycles. The lowest BCUT2D eigenvalue weighted by molar-refractivity contribution is -0.162. The van der Waals surface area contributed by atoms with Crippen LogP contribution in [-0.2, 0) is 9.53 Å². The lowest BCUT2D eigenvalue weighted by Gasteiger charge is -2.32. The van der Waals surface area contributed by atoms with E-state index in [1.165, 1.54) is 12.1 Å². The number of ether oxygens (including phenoxy) is 1. The molecule has 0 saturated carbocycles. The average molecular weight is 328 g/mol. The normalized spacial score (nSPS) is 20.5. The van der Waals surface area contributed by atoms with Gasteiger partial charge in [0, 0.05) is 17.5 Å². The third kappa shape index (κ3) is 4.43. The van der Waals surface area contributed by atoms with Gasteiger partial charge in [-0.1, -0.05) is 11.6 Å². The lowest BCUT2D eigenvalue weighted by atomic mass is 9.88. The smallest absolute Gasteiger partial charge is 0.311 e. The van der Waals surface area contributed by atoms with E-state index in [4.69, 9.17) is 16.3 Å². The third-order valence-corrected chi connectivity index (χ3v) is 4.04. The minimum absolute atomic E-state index is 0.123. The molecule has 1 saturated heterocycles. The fourth-order valence-electron chi connectivity index (χ4n) is 2.61. The van der Waals surface area contributed by atoms with Crippen molar-refractivity contribution in [2.45, 2.75) is 39.7 Å². The van der Waals surface area contributed by atoms with Crippen LogP contribution in [0.4, 0.5) is 4.39 Å². The summed E-state index contributed by atoms with van der Waals surface area (Å²) < 4.78 is 19.4. The van der Waals surface area contributed by atoms with E-state index in [0.29, 0.717) is 10.6 Å². The van der Waals surface area contributed by atoms with Crippen molar-refractivity contribution in [3.8, 4) is 0 Å². The highest BCUT2D eigenvalue weighted by atomic mass is 35.5. The van der Waals surface area contributed by atoms with Gasteiger partial charge in [0.1, 0.15) is 11.9 Å². The number of piperidine rings is 1. The van der Waals surface area contributed by atoms with Gasteiger partial charge in [-0.25, -0.2) is 4.39 Å². The predicted molar refractivity (Wildman–Crippen MR) is 85.3 cm³/mol. The number of esters is 1. The summed E-state index contributed by atoms with van der Waals surface area (Å²) in [7, 11) is 0. The van der Waals surface area contributed by atoms with Crippen molar-refractivity contribution in [3.05, 3.63) is 34.6 Å². The maximum Gasteiger partial charge on any atom is 0.311 e. The highest BCUT2D eigenvalue weighted by Crippen LogP contribution is 2.34. The maximum absolute atomic E-state index is 13.7. The molecule has 2 atom stereocenters. The van der Waals surface area contributed by atoms with Crippen LogP contribution >= 0.6 is 11.6 Å². The fraction of sp³-hybridized carbons (Fsp3) is 0.588. The Morgan fingerprint density at radius 1 is 1.41 bits per heavy atom. The number of hydrogen-bond donors (Lipinski definition) is 1. The number of carbonyl (C=O) groups is 1. The molecule has 0 radical (unpaired) electrons. The van der Waals surface area contributed by atoms with Crippen molar-refractivity contribution in [1.82, 2.24) is 5.32 Å². The summed E-state index contributed by atoms with van der Waals surface area (Å²) in [4.78, 5) is 12.3. The quantitative estimate of drug-likeness (QED) is 0.849. The van der Waals surface area contributed by atoms with Crippen molar-refractivity contribution < 1.29 is 13.9 Å². The minimum atomic E-state index is -0.600. The van der Waals surface area contributed by atoms with Gasteiger partial charge in [-0.3, -0.25) is 4.79 Å². The van der Waals surface area contributed by atoms with Gasteiger partial charge in [0.25, 0.3) is 0 Å². The number of halogens is 2. The number of benzene rings is 1. The van der Waals surface area contributed by atoms with Crippen LogP contribution in [0.3, 0.4) is 0 Å². The highest BCUT2D eigenvalue weighted by Gasteiger charge is 2.33. The first-order valence-corrected chi connectivity index (χ1v) is 8.03. The monoisotopic (exact) mass is 327 g/mol. The molecule has 1 aromatic carbocycles. The summed E-state index contributed by atoms with van der Waals surface area (Å²) in [6.45, 7) is 7.13. The highest BCUT2D eigenvalue weighted by molar-refractivity contribution is 6.30. The molecule has 1 aromatic rings. The second kappa shape index (κ2) is 6.97. The first kappa shape index (κ1) is 17.2. The number of hydrogen-bond acceptors (Lipinski definition) is 3. The summed E-state index contributed by atoms with van der Waals surface area (Å²) >= 11 is 5.96. The largest absolute Gasteiger partial charge is 0.457 e. The number of rotatable bonds is 3.